The lowest BCUT2D eigenvalue weighted by molar-refractivity contribution is -0.131. The molecule has 1 amide bonds. The van der Waals surface area contributed by atoms with E-state index in [4.69, 9.17) is 0 Å². The van der Waals surface area contributed by atoms with Crippen LogP contribution >= 0.6 is 0 Å². The van der Waals surface area contributed by atoms with Gasteiger partial charge >= 0.3 is 0 Å². The first-order valence-electron chi connectivity index (χ1n) is 8.79. The molecule has 126 valence electrons. The van der Waals surface area contributed by atoms with Crippen LogP contribution in [0.2, 0.25) is 0 Å². The Bertz CT molecular complexity index is 599. The van der Waals surface area contributed by atoms with Gasteiger partial charge < -0.3 is 15.2 Å². The van der Waals surface area contributed by atoms with E-state index in [9.17, 15) is 4.79 Å². The van der Waals surface area contributed by atoms with Crippen molar-refractivity contribution in [2.75, 3.05) is 26.2 Å². The number of fused-ring (bicyclic) bond motifs is 1. The zero-order valence-electron chi connectivity index (χ0n) is 14.4. The summed E-state index contributed by atoms with van der Waals surface area (Å²) >= 11 is 0. The van der Waals surface area contributed by atoms with E-state index in [1.54, 1.807) is 0 Å². The third-order valence-electron chi connectivity index (χ3n) is 4.10. The van der Waals surface area contributed by atoms with Crippen LogP contribution in [0.5, 0.6) is 0 Å². The highest BCUT2D eigenvalue weighted by atomic mass is 16.2. The number of aromatic nitrogens is 1. The van der Waals surface area contributed by atoms with Crippen molar-refractivity contribution in [1.29, 1.82) is 0 Å². The standard InChI is InChI=1S/C19H29N3O/c1-3-13-22(14-4-2)19(23)10-12-20-11-9-16-15-21-18-8-6-5-7-17(16)18/h5-8,15,20-21H,3-4,9-14H2,1-2H3. The van der Waals surface area contributed by atoms with Gasteiger partial charge in [-0.15, -0.1) is 0 Å². The Morgan fingerprint density at radius 3 is 2.61 bits per heavy atom. The molecule has 4 heteroatoms. The van der Waals surface area contributed by atoms with Crippen LogP contribution in [0.15, 0.2) is 30.5 Å². The van der Waals surface area contributed by atoms with E-state index in [0.717, 1.165) is 45.4 Å². The van der Waals surface area contributed by atoms with Gasteiger partial charge in [0.1, 0.15) is 0 Å². The van der Waals surface area contributed by atoms with Crippen molar-refractivity contribution in [3.63, 3.8) is 0 Å². The Kier molecular flexibility index (Phi) is 7.14. The molecule has 0 aliphatic heterocycles. The molecule has 2 N–H and O–H groups in total. The smallest absolute Gasteiger partial charge is 0.223 e. The largest absolute Gasteiger partial charge is 0.361 e. The minimum absolute atomic E-state index is 0.272. The van der Waals surface area contributed by atoms with E-state index in [2.05, 4.69) is 48.5 Å². The number of hydrogen-bond acceptors (Lipinski definition) is 2. The van der Waals surface area contributed by atoms with Gasteiger partial charge in [-0.3, -0.25) is 4.79 Å². The highest BCUT2D eigenvalue weighted by Crippen LogP contribution is 2.17. The second-order valence-corrected chi connectivity index (χ2v) is 5.99. The van der Waals surface area contributed by atoms with Crippen molar-refractivity contribution in [3.05, 3.63) is 36.0 Å². The van der Waals surface area contributed by atoms with Crippen molar-refractivity contribution < 1.29 is 4.79 Å². The lowest BCUT2D eigenvalue weighted by Crippen LogP contribution is -2.34. The van der Waals surface area contributed by atoms with E-state index in [-0.39, 0.29) is 5.91 Å². The third kappa shape index (κ3) is 5.10. The van der Waals surface area contributed by atoms with Crippen molar-refractivity contribution in [1.82, 2.24) is 15.2 Å². The molecule has 0 unspecified atom stereocenters. The van der Waals surface area contributed by atoms with Gasteiger partial charge in [-0.2, -0.15) is 0 Å². The first-order chi connectivity index (χ1) is 11.3. The summed E-state index contributed by atoms with van der Waals surface area (Å²) in [5.41, 5.74) is 2.52. The van der Waals surface area contributed by atoms with Crippen molar-refractivity contribution in [2.24, 2.45) is 0 Å². The van der Waals surface area contributed by atoms with Gasteiger partial charge in [0.2, 0.25) is 5.91 Å². The predicted molar refractivity (Wildman–Crippen MR) is 96.7 cm³/mol. The van der Waals surface area contributed by atoms with Crippen LogP contribution in [-0.2, 0) is 11.2 Å². The van der Waals surface area contributed by atoms with Crippen LogP contribution in [0.1, 0.15) is 38.7 Å². The molecule has 0 aliphatic rings. The average molecular weight is 315 g/mol. The third-order valence-corrected chi connectivity index (χ3v) is 4.10. The number of aromatic amines is 1. The molecule has 0 bridgehead atoms. The molecular formula is C19H29N3O. The second kappa shape index (κ2) is 9.36. The lowest BCUT2D eigenvalue weighted by Gasteiger charge is -2.21. The predicted octanol–water partition coefficient (Wildman–Crippen LogP) is 3.34. The summed E-state index contributed by atoms with van der Waals surface area (Å²) in [5, 5.41) is 4.69. The summed E-state index contributed by atoms with van der Waals surface area (Å²) in [6.07, 6.45) is 5.71. The average Bonchev–Trinajstić information content (AvgIpc) is 2.97. The zero-order chi connectivity index (χ0) is 16.5. The van der Waals surface area contributed by atoms with Crippen LogP contribution in [0.3, 0.4) is 0 Å². The van der Waals surface area contributed by atoms with Crippen LogP contribution in [0, 0.1) is 0 Å². The maximum Gasteiger partial charge on any atom is 0.223 e. The molecule has 0 saturated heterocycles. The normalized spacial score (nSPS) is 11.0. The minimum Gasteiger partial charge on any atom is -0.361 e. The number of hydrogen-bond donors (Lipinski definition) is 2. The van der Waals surface area contributed by atoms with Crippen molar-refractivity contribution in [2.45, 2.75) is 39.5 Å². The van der Waals surface area contributed by atoms with Crippen molar-refractivity contribution >= 4 is 16.8 Å². The van der Waals surface area contributed by atoms with E-state index in [1.165, 1.54) is 16.5 Å². The monoisotopic (exact) mass is 315 g/mol. The molecule has 0 fully saturated rings. The molecule has 4 nitrogen and oxygen atoms in total. The quantitative estimate of drug-likeness (QED) is 0.661. The molecule has 1 heterocycles. The summed E-state index contributed by atoms with van der Waals surface area (Å²) in [6, 6.07) is 8.37. The maximum atomic E-state index is 12.2. The first kappa shape index (κ1) is 17.5. The fourth-order valence-corrected chi connectivity index (χ4v) is 2.94. The number of nitrogens with zero attached hydrogens (tertiary/aromatic N) is 1. The molecule has 1 aromatic heterocycles. The summed E-state index contributed by atoms with van der Waals surface area (Å²) in [4.78, 5) is 17.5. The van der Waals surface area contributed by atoms with Crippen LogP contribution in [0.4, 0.5) is 0 Å². The fourth-order valence-electron chi connectivity index (χ4n) is 2.94. The molecule has 23 heavy (non-hydrogen) atoms. The summed E-state index contributed by atoms with van der Waals surface area (Å²) in [7, 11) is 0. The summed E-state index contributed by atoms with van der Waals surface area (Å²) < 4.78 is 0. The topological polar surface area (TPSA) is 48.1 Å². The summed E-state index contributed by atoms with van der Waals surface area (Å²) in [6.45, 7) is 7.65. The van der Waals surface area contributed by atoms with E-state index in [1.807, 2.05) is 11.0 Å². The maximum absolute atomic E-state index is 12.2. The van der Waals surface area contributed by atoms with E-state index < -0.39 is 0 Å². The number of rotatable bonds is 10. The molecule has 2 rings (SSSR count). The number of amides is 1. The van der Waals surface area contributed by atoms with E-state index >= 15 is 0 Å². The number of carbonyl (C=O) groups is 1. The van der Waals surface area contributed by atoms with Gasteiger partial charge in [0.25, 0.3) is 0 Å². The molecule has 0 radical (unpaired) electrons. The van der Waals surface area contributed by atoms with Crippen molar-refractivity contribution in [3.8, 4) is 0 Å². The minimum atomic E-state index is 0.272. The molecule has 2 aromatic rings. The number of benzene rings is 1. The molecule has 0 spiro atoms. The fraction of sp³-hybridized carbons (Fsp3) is 0.526. The van der Waals surface area contributed by atoms with Crippen LogP contribution in [0.25, 0.3) is 10.9 Å². The highest BCUT2D eigenvalue weighted by molar-refractivity contribution is 5.83. The Balaban J connectivity index is 1.70. The SMILES string of the molecule is CCCN(CCC)C(=O)CCNCCc1c[nH]c2ccccc12. The number of nitrogens with one attached hydrogen (secondary N) is 2. The molecule has 0 saturated carbocycles. The Labute approximate surface area is 139 Å². The Morgan fingerprint density at radius 1 is 1.13 bits per heavy atom. The van der Waals surface area contributed by atoms with Crippen LogP contribution < -0.4 is 5.32 Å². The Hall–Kier alpha value is -1.81. The first-order valence-corrected chi connectivity index (χ1v) is 8.79. The number of carbonyl (C=O) groups excluding carboxylic acids is 1. The van der Waals surface area contributed by atoms with E-state index in [0.29, 0.717) is 6.42 Å². The van der Waals surface area contributed by atoms with Gasteiger partial charge in [-0.1, -0.05) is 32.0 Å². The Morgan fingerprint density at radius 2 is 1.87 bits per heavy atom. The van der Waals surface area contributed by atoms with Gasteiger partial charge in [0, 0.05) is 43.2 Å². The zero-order valence-corrected chi connectivity index (χ0v) is 14.4. The van der Waals surface area contributed by atoms with Gasteiger partial charge in [0.15, 0.2) is 0 Å². The number of para-hydroxylation sites is 1. The second-order valence-electron chi connectivity index (χ2n) is 5.99. The van der Waals surface area contributed by atoms with Crippen LogP contribution in [-0.4, -0.2) is 42.0 Å². The lowest BCUT2D eigenvalue weighted by atomic mass is 10.1. The van der Waals surface area contributed by atoms with Gasteiger partial charge in [-0.05, 0) is 37.4 Å². The van der Waals surface area contributed by atoms with Gasteiger partial charge in [-0.25, -0.2) is 0 Å². The highest BCUT2D eigenvalue weighted by Gasteiger charge is 2.10. The number of H-pyrrole nitrogens is 1. The molecule has 1 aromatic carbocycles. The molecule has 0 aliphatic carbocycles. The molecule has 0 atom stereocenters. The van der Waals surface area contributed by atoms with Gasteiger partial charge in [0.05, 0.1) is 0 Å². The molecular weight excluding hydrogens is 286 g/mol. The summed E-state index contributed by atoms with van der Waals surface area (Å²) in [5.74, 6) is 0.272.